The van der Waals surface area contributed by atoms with Gasteiger partial charge in [-0.05, 0) is 17.7 Å². The normalized spacial score (nSPS) is 18.7. The molecule has 1 aliphatic rings. The zero-order valence-electron chi connectivity index (χ0n) is 8.39. The maximum Gasteiger partial charge on any atom is 0.441 e. The van der Waals surface area contributed by atoms with E-state index in [1.165, 1.54) is 5.56 Å². The predicted molar refractivity (Wildman–Crippen MR) is 61.4 cm³/mol. The quantitative estimate of drug-likeness (QED) is 0.802. The van der Waals surface area contributed by atoms with Crippen LogP contribution in [0.3, 0.4) is 0 Å². The van der Waals surface area contributed by atoms with Gasteiger partial charge in [-0.2, -0.15) is 0 Å². The van der Waals surface area contributed by atoms with Crippen LogP contribution in [-0.4, -0.2) is 9.72 Å². The van der Waals surface area contributed by atoms with Crippen molar-refractivity contribution in [1.82, 2.24) is 9.72 Å². The summed E-state index contributed by atoms with van der Waals surface area (Å²) in [7, 11) is 0. The van der Waals surface area contributed by atoms with E-state index in [9.17, 15) is 4.79 Å². The molecule has 0 spiro atoms. The molecule has 82 valence electrons. The van der Waals surface area contributed by atoms with Gasteiger partial charge in [-0.3, -0.25) is 9.09 Å². The van der Waals surface area contributed by atoms with Crippen LogP contribution >= 0.6 is 15.9 Å². The minimum Gasteiger partial charge on any atom is -0.296 e. The molecule has 2 aromatic rings. The summed E-state index contributed by atoms with van der Waals surface area (Å²) in [4.78, 5) is 11.3. The number of fused-ring (bicyclic) bond motifs is 1. The van der Waals surface area contributed by atoms with E-state index >= 15 is 0 Å². The number of hydrogen-bond donors (Lipinski definition) is 0. The van der Waals surface area contributed by atoms with E-state index in [1.807, 2.05) is 12.1 Å². The molecule has 0 radical (unpaired) electrons. The molecule has 0 aliphatic carbocycles. The second kappa shape index (κ2) is 3.59. The Balaban J connectivity index is 1.91. The molecule has 1 aliphatic heterocycles. The number of halogens is 1. The van der Waals surface area contributed by atoms with Gasteiger partial charge < -0.3 is 0 Å². The van der Waals surface area contributed by atoms with Crippen LogP contribution in [0.5, 0.6) is 0 Å². The Bertz CT molecular complexity index is 570. The highest BCUT2D eigenvalue weighted by Gasteiger charge is 2.27. The second-order valence-corrected chi connectivity index (χ2v) is 4.84. The minimum atomic E-state index is -0.352. The van der Waals surface area contributed by atoms with Gasteiger partial charge in [0.15, 0.2) is 5.82 Å². The molecule has 0 saturated carbocycles. The highest BCUT2D eigenvalue weighted by atomic mass is 79.9. The lowest BCUT2D eigenvalue weighted by atomic mass is 9.98. The highest BCUT2D eigenvalue weighted by Crippen LogP contribution is 2.27. The SMILES string of the molecule is O=c1onc2n1CC(c1ccc(Br)cc1)C2. The Hall–Kier alpha value is -1.36. The number of hydrogen-bond acceptors (Lipinski definition) is 3. The van der Waals surface area contributed by atoms with E-state index in [0.29, 0.717) is 12.5 Å². The fourth-order valence-corrected chi connectivity index (χ4v) is 2.35. The predicted octanol–water partition coefficient (Wildman–Crippen LogP) is 1.94. The van der Waals surface area contributed by atoms with E-state index in [0.717, 1.165) is 16.7 Å². The lowest BCUT2D eigenvalue weighted by Crippen LogP contribution is -2.13. The van der Waals surface area contributed by atoms with Crippen LogP contribution in [-0.2, 0) is 13.0 Å². The van der Waals surface area contributed by atoms with Crippen molar-refractivity contribution in [2.24, 2.45) is 0 Å². The first-order valence-electron chi connectivity index (χ1n) is 5.05. The van der Waals surface area contributed by atoms with Crippen molar-refractivity contribution in [2.45, 2.75) is 18.9 Å². The first-order chi connectivity index (χ1) is 7.74. The monoisotopic (exact) mass is 280 g/mol. The van der Waals surface area contributed by atoms with Gasteiger partial charge in [0.2, 0.25) is 0 Å². The van der Waals surface area contributed by atoms with E-state index < -0.39 is 0 Å². The van der Waals surface area contributed by atoms with Crippen LogP contribution in [0, 0.1) is 0 Å². The summed E-state index contributed by atoms with van der Waals surface area (Å²) in [5.41, 5.74) is 1.23. The molecule has 3 rings (SSSR count). The van der Waals surface area contributed by atoms with Gasteiger partial charge in [0.05, 0.1) is 0 Å². The summed E-state index contributed by atoms with van der Waals surface area (Å²) in [6.07, 6.45) is 0.771. The summed E-state index contributed by atoms with van der Waals surface area (Å²) in [6.45, 7) is 0.666. The molecule has 0 N–H and O–H groups in total. The smallest absolute Gasteiger partial charge is 0.296 e. The number of benzene rings is 1. The average Bonchev–Trinajstić information content (AvgIpc) is 2.83. The molecule has 0 bridgehead atoms. The zero-order chi connectivity index (χ0) is 11.1. The summed E-state index contributed by atoms with van der Waals surface area (Å²) >= 11 is 3.40. The maximum atomic E-state index is 11.3. The fourth-order valence-electron chi connectivity index (χ4n) is 2.09. The molecule has 1 unspecified atom stereocenters. The molecule has 16 heavy (non-hydrogen) atoms. The van der Waals surface area contributed by atoms with Crippen LogP contribution in [0.2, 0.25) is 0 Å². The van der Waals surface area contributed by atoms with Gasteiger partial charge in [-0.15, -0.1) is 0 Å². The Kier molecular flexibility index (Phi) is 2.21. The van der Waals surface area contributed by atoms with Crippen molar-refractivity contribution >= 4 is 15.9 Å². The standard InChI is InChI=1S/C11H9BrN2O2/c12-9-3-1-7(2-4-9)8-5-10-13-16-11(15)14(10)6-8/h1-4,8H,5-6H2. The zero-order valence-corrected chi connectivity index (χ0v) is 9.98. The molecule has 1 aromatic heterocycles. The molecular formula is C11H9BrN2O2. The summed E-state index contributed by atoms with van der Waals surface area (Å²) in [6, 6.07) is 8.17. The van der Waals surface area contributed by atoms with Crippen LogP contribution in [0.25, 0.3) is 0 Å². The van der Waals surface area contributed by atoms with Crippen LogP contribution in [0.4, 0.5) is 0 Å². The molecule has 0 amide bonds. The summed E-state index contributed by atoms with van der Waals surface area (Å²) < 4.78 is 7.26. The van der Waals surface area contributed by atoms with Gasteiger partial charge in [0.1, 0.15) is 0 Å². The van der Waals surface area contributed by atoms with E-state index in [4.69, 9.17) is 0 Å². The van der Waals surface area contributed by atoms with Gasteiger partial charge in [0, 0.05) is 23.4 Å². The number of rotatable bonds is 1. The van der Waals surface area contributed by atoms with Crippen molar-refractivity contribution in [1.29, 1.82) is 0 Å². The van der Waals surface area contributed by atoms with Crippen molar-refractivity contribution < 1.29 is 4.52 Å². The van der Waals surface area contributed by atoms with Crippen molar-refractivity contribution in [2.75, 3.05) is 0 Å². The Labute approximate surface area is 100 Å². The topological polar surface area (TPSA) is 48.0 Å². The van der Waals surface area contributed by atoms with Gasteiger partial charge >= 0.3 is 5.76 Å². The van der Waals surface area contributed by atoms with Crippen molar-refractivity contribution in [3.8, 4) is 0 Å². The third-order valence-electron chi connectivity index (χ3n) is 2.93. The van der Waals surface area contributed by atoms with E-state index in [2.05, 4.69) is 37.7 Å². The average molecular weight is 281 g/mol. The van der Waals surface area contributed by atoms with E-state index in [-0.39, 0.29) is 5.76 Å². The maximum absolute atomic E-state index is 11.3. The van der Waals surface area contributed by atoms with Crippen molar-refractivity contribution in [3.63, 3.8) is 0 Å². The largest absolute Gasteiger partial charge is 0.441 e. The summed E-state index contributed by atoms with van der Waals surface area (Å²) in [5, 5.41) is 3.76. The van der Waals surface area contributed by atoms with Gasteiger partial charge in [-0.25, -0.2) is 4.79 Å². The van der Waals surface area contributed by atoms with Crippen LogP contribution < -0.4 is 5.76 Å². The Morgan fingerprint density at radius 1 is 1.38 bits per heavy atom. The van der Waals surface area contributed by atoms with Crippen molar-refractivity contribution in [3.05, 3.63) is 50.7 Å². The third kappa shape index (κ3) is 1.51. The molecule has 0 fully saturated rings. The molecule has 1 atom stereocenters. The van der Waals surface area contributed by atoms with Gasteiger partial charge in [0.25, 0.3) is 0 Å². The number of nitrogens with zero attached hydrogens (tertiary/aromatic N) is 2. The Morgan fingerprint density at radius 2 is 2.12 bits per heavy atom. The molecule has 2 heterocycles. The highest BCUT2D eigenvalue weighted by molar-refractivity contribution is 9.10. The minimum absolute atomic E-state index is 0.333. The fraction of sp³-hybridized carbons (Fsp3) is 0.273. The molecule has 1 aromatic carbocycles. The Morgan fingerprint density at radius 3 is 2.81 bits per heavy atom. The van der Waals surface area contributed by atoms with E-state index in [1.54, 1.807) is 4.57 Å². The molecular weight excluding hydrogens is 272 g/mol. The lowest BCUT2D eigenvalue weighted by Gasteiger charge is -2.08. The van der Waals surface area contributed by atoms with Crippen LogP contribution in [0.1, 0.15) is 17.3 Å². The van der Waals surface area contributed by atoms with Gasteiger partial charge in [-0.1, -0.05) is 33.2 Å². The first-order valence-corrected chi connectivity index (χ1v) is 5.84. The lowest BCUT2D eigenvalue weighted by molar-refractivity contribution is 0.363. The second-order valence-electron chi connectivity index (χ2n) is 3.93. The van der Waals surface area contributed by atoms with Crippen LogP contribution in [0.15, 0.2) is 38.1 Å². The first kappa shape index (κ1) is 9.84. The molecule has 0 saturated heterocycles. The molecule has 5 heteroatoms. The number of aromatic nitrogens is 2. The molecule has 4 nitrogen and oxygen atoms in total. The summed E-state index contributed by atoms with van der Waals surface area (Å²) in [5.74, 6) is 0.729. The third-order valence-corrected chi connectivity index (χ3v) is 3.46.